The molecule has 142 valence electrons. The van der Waals surface area contributed by atoms with Crippen LogP contribution in [0, 0.1) is 11.6 Å². The zero-order valence-electron chi connectivity index (χ0n) is 14.4. The van der Waals surface area contributed by atoms with Crippen molar-refractivity contribution in [3.63, 3.8) is 0 Å². The molecule has 2 aromatic carbocycles. The third-order valence-electron chi connectivity index (χ3n) is 3.34. The van der Waals surface area contributed by atoms with Gasteiger partial charge in [0.25, 0.3) is 0 Å². The number of hydrogen-bond donors (Lipinski definition) is 4. The smallest absolute Gasteiger partial charge is 0.315 e. The fourth-order valence-electron chi connectivity index (χ4n) is 2.10. The highest BCUT2D eigenvalue weighted by Gasteiger charge is 2.09. The average molecular weight is 376 g/mol. The van der Waals surface area contributed by atoms with E-state index in [2.05, 4.69) is 21.3 Å². The van der Waals surface area contributed by atoms with Gasteiger partial charge in [0.2, 0.25) is 11.8 Å². The maximum Gasteiger partial charge on any atom is 0.315 e. The topological polar surface area (TPSA) is 99.3 Å². The summed E-state index contributed by atoms with van der Waals surface area (Å²) in [5.41, 5.74) is 0.900. The molecule has 7 nitrogen and oxygen atoms in total. The van der Waals surface area contributed by atoms with E-state index in [0.717, 1.165) is 6.07 Å². The van der Waals surface area contributed by atoms with Gasteiger partial charge in [0.15, 0.2) is 0 Å². The summed E-state index contributed by atoms with van der Waals surface area (Å²) in [6.07, 6.45) is 0. The normalized spacial score (nSPS) is 10.0. The summed E-state index contributed by atoms with van der Waals surface area (Å²) in [5, 5.41) is 9.67. The molecule has 27 heavy (non-hydrogen) atoms. The van der Waals surface area contributed by atoms with Crippen molar-refractivity contribution in [3.8, 4) is 0 Å². The van der Waals surface area contributed by atoms with Gasteiger partial charge in [-0.15, -0.1) is 0 Å². The molecular formula is C18H18F2N4O3. The van der Waals surface area contributed by atoms with Crippen LogP contribution < -0.4 is 21.3 Å². The van der Waals surface area contributed by atoms with E-state index < -0.39 is 23.7 Å². The average Bonchev–Trinajstić information content (AvgIpc) is 2.62. The van der Waals surface area contributed by atoms with Gasteiger partial charge in [-0.1, -0.05) is 12.1 Å². The molecule has 4 amide bonds. The first kappa shape index (κ1) is 19.8. The Labute approximate surface area is 154 Å². The van der Waals surface area contributed by atoms with Gasteiger partial charge in [-0.25, -0.2) is 13.6 Å². The lowest BCUT2D eigenvalue weighted by Gasteiger charge is -2.10. The monoisotopic (exact) mass is 376 g/mol. The summed E-state index contributed by atoms with van der Waals surface area (Å²) in [7, 11) is 0. The zero-order chi connectivity index (χ0) is 19.8. The molecule has 0 aromatic heterocycles. The van der Waals surface area contributed by atoms with Crippen molar-refractivity contribution in [2.24, 2.45) is 0 Å². The number of benzene rings is 2. The molecule has 9 heteroatoms. The second-order valence-electron chi connectivity index (χ2n) is 5.59. The van der Waals surface area contributed by atoms with Crippen LogP contribution in [0.4, 0.5) is 25.0 Å². The van der Waals surface area contributed by atoms with Gasteiger partial charge in [-0.05, 0) is 35.9 Å². The number of halogens is 2. The first-order valence-electron chi connectivity index (χ1n) is 7.96. The summed E-state index contributed by atoms with van der Waals surface area (Å²) in [6, 6.07) is 8.74. The van der Waals surface area contributed by atoms with Crippen molar-refractivity contribution in [1.29, 1.82) is 0 Å². The SMILES string of the molecule is CC(=O)Nc1cc(NC(=O)CNC(=O)NCc2ccc(F)cc2)ccc1F. The van der Waals surface area contributed by atoms with E-state index in [-0.39, 0.29) is 30.3 Å². The van der Waals surface area contributed by atoms with Crippen molar-refractivity contribution in [2.45, 2.75) is 13.5 Å². The molecule has 0 spiro atoms. The Morgan fingerprint density at radius 2 is 1.63 bits per heavy atom. The number of anilines is 2. The number of urea groups is 1. The van der Waals surface area contributed by atoms with Gasteiger partial charge >= 0.3 is 6.03 Å². The van der Waals surface area contributed by atoms with E-state index in [1.807, 2.05) is 0 Å². The standard InChI is InChI=1S/C18H18F2N4O3/c1-11(25)23-16-8-14(6-7-15(16)20)24-17(26)10-22-18(27)21-9-12-2-4-13(19)5-3-12/h2-8H,9-10H2,1H3,(H,23,25)(H,24,26)(H2,21,22,27). The molecular weight excluding hydrogens is 358 g/mol. The number of carbonyl (C=O) groups excluding carboxylic acids is 3. The number of amides is 4. The van der Waals surface area contributed by atoms with Crippen LogP contribution >= 0.6 is 0 Å². The molecule has 0 unspecified atom stereocenters. The van der Waals surface area contributed by atoms with E-state index in [1.54, 1.807) is 0 Å². The fraction of sp³-hybridized carbons (Fsp3) is 0.167. The Morgan fingerprint density at radius 3 is 2.30 bits per heavy atom. The first-order chi connectivity index (χ1) is 12.8. The maximum absolute atomic E-state index is 13.6. The van der Waals surface area contributed by atoms with E-state index in [0.29, 0.717) is 5.56 Å². The molecule has 0 atom stereocenters. The molecule has 2 rings (SSSR count). The Balaban J connectivity index is 1.79. The first-order valence-corrected chi connectivity index (χ1v) is 7.96. The van der Waals surface area contributed by atoms with Crippen LogP contribution in [0.3, 0.4) is 0 Å². The molecule has 0 aliphatic heterocycles. The van der Waals surface area contributed by atoms with Gasteiger partial charge in [-0.3, -0.25) is 9.59 Å². The lowest BCUT2D eigenvalue weighted by molar-refractivity contribution is -0.115. The molecule has 2 aromatic rings. The number of hydrogen-bond acceptors (Lipinski definition) is 3. The van der Waals surface area contributed by atoms with Crippen LogP contribution in [0.1, 0.15) is 12.5 Å². The lowest BCUT2D eigenvalue weighted by Crippen LogP contribution is -2.39. The molecule has 0 aliphatic rings. The third kappa shape index (κ3) is 6.73. The number of carbonyl (C=O) groups is 3. The van der Waals surface area contributed by atoms with Crippen LogP contribution in [-0.4, -0.2) is 24.4 Å². The van der Waals surface area contributed by atoms with E-state index in [9.17, 15) is 23.2 Å². The molecule has 0 heterocycles. The van der Waals surface area contributed by atoms with Crippen molar-refractivity contribution in [3.05, 3.63) is 59.7 Å². The van der Waals surface area contributed by atoms with Crippen molar-refractivity contribution in [2.75, 3.05) is 17.2 Å². The molecule has 0 saturated heterocycles. The Bertz CT molecular complexity index is 841. The minimum atomic E-state index is -0.638. The summed E-state index contributed by atoms with van der Waals surface area (Å²) < 4.78 is 26.4. The van der Waals surface area contributed by atoms with Crippen molar-refractivity contribution in [1.82, 2.24) is 10.6 Å². The van der Waals surface area contributed by atoms with Crippen LogP contribution in [0.15, 0.2) is 42.5 Å². The fourth-order valence-corrected chi connectivity index (χ4v) is 2.10. The minimum Gasteiger partial charge on any atom is -0.334 e. The quantitative estimate of drug-likeness (QED) is 0.623. The molecule has 0 aliphatic carbocycles. The molecule has 0 bridgehead atoms. The Morgan fingerprint density at radius 1 is 0.926 bits per heavy atom. The molecule has 4 N–H and O–H groups in total. The highest BCUT2D eigenvalue weighted by molar-refractivity contribution is 5.95. The van der Waals surface area contributed by atoms with Crippen molar-refractivity contribution < 1.29 is 23.2 Å². The van der Waals surface area contributed by atoms with Gasteiger partial charge in [0.1, 0.15) is 11.6 Å². The van der Waals surface area contributed by atoms with E-state index in [4.69, 9.17) is 0 Å². The molecule has 0 radical (unpaired) electrons. The van der Waals surface area contributed by atoms with Gasteiger partial charge in [-0.2, -0.15) is 0 Å². The second kappa shape index (κ2) is 9.27. The van der Waals surface area contributed by atoms with E-state index >= 15 is 0 Å². The number of nitrogens with one attached hydrogen (secondary N) is 4. The maximum atomic E-state index is 13.6. The highest BCUT2D eigenvalue weighted by Crippen LogP contribution is 2.19. The van der Waals surface area contributed by atoms with Gasteiger partial charge < -0.3 is 21.3 Å². The second-order valence-corrected chi connectivity index (χ2v) is 5.59. The predicted octanol–water partition coefficient (Wildman–Crippen LogP) is 2.36. The van der Waals surface area contributed by atoms with Crippen LogP contribution in [0.25, 0.3) is 0 Å². The van der Waals surface area contributed by atoms with Crippen molar-refractivity contribution >= 4 is 29.2 Å². The molecule has 0 fully saturated rings. The highest BCUT2D eigenvalue weighted by atomic mass is 19.1. The van der Waals surface area contributed by atoms with Crippen LogP contribution in [0.2, 0.25) is 0 Å². The largest absolute Gasteiger partial charge is 0.334 e. The number of rotatable bonds is 6. The van der Waals surface area contributed by atoms with Crippen LogP contribution in [0.5, 0.6) is 0 Å². The predicted molar refractivity (Wildman–Crippen MR) is 96.0 cm³/mol. The molecule has 0 saturated carbocycles. The summed E-state index contributed by atoms with van der Waals surface area (Å²) in [5.74, 6) is -1.99. The van der Waals surface area contributed by atoms with Gasteiger partial charge in [0, 0.05) is 19.2 Å². The third-order valence-corrected chi connectivity index (χ3v) is 3.34. The summed E-state index contributed by atoms with van der Waals surface area (Å²) in [4.78, 5) is 34.6. The summed E-state index contributed by atoms with van der Waals surface area (Å²) >= 11 is 0. The lowest BCUT2D eigenvalue weighted by atomic mass is 10.2. The van der Waals surface area contributed by atoms with E-state index in [1.165, 1.54) is 43.3 Å². The summed E-state index contributed by atoms with van der Waals surface area (Å²) in [6.45, 7) is 1.09. The van der Waals surface area contributed by atoms with Crippen LogP contribution in [-0.2, 0) is 16.1 Å². The zero-order valence-corrected chi connectivity index (χ0v) is 14.4. The van der Waals surface area contributed by atoms with Gasteiger partial charge in [0.05, 0.1) is 12.2 Å². The Hall–Kier alpha value is -3.49. The minimum absolute atomic E-state index is 0.0645. The Kier molecular flexibility index (Phi) is 6.81.